The molecule has 1 aromatic heterocycles. The first-order valence-electron chi connectivity index (χ1n) is 7.27. The molecule has 0 radical (unpaired) electrons. The van der Waals surface area contributed by atoms with Gasteiger partial charge >= 0.3 is 5.97 Å². The number of benzene rings is 2. The van der Waals surface area contributed by atoms with Crippen LogP contribution in [-0.2, 0) is 11.2 Å². The van der Waals surface area contributed by atoms with Crippen LogP contribution in [0.3, 0.4) is 0 Å². The average Bonchev–Trinajstić information content (AvgIpc) is 2.91. The predicted octanol–water partition coefficient (Wildman–Crippen LogP) is 4.13. The molecule has 0 amide bonds. The second kappa shape index (κ2) is 6.45. The Hall–Kier alpha value is -2.66. The highest BCUT2D eigenvalue weighted by Gasteiger charge is 2.17. The molecule has 0 unspecified atom stereocenters. The lowest BCUT2D eigenvalue weighted by molar-refractivity contribution is -0.136. The van der Waals surface area contributed by atoms with Crippen molar-refractivity contribution in [1.29, 1.82) is 0 Å². The van der Waals surface area contributed by atoms with Crippen molar-refractivity contribution >= 4 is 28.5 Å². The van der Waals surface area contributed by atoms with Gasteiger partial charge < -0.3 is 19.6 Å². The van der Waals surface area contributed by atoms with Crippen LogP contribution < -0.4 is 9.47 Å². The highest BCUT2D eigenvalue weighted by Crippen LogP contribution is 2.36. The van der Waals surface area contributed by atoms with Gasteiger partial charge in [0.25, 0.3) is 0 Å². The molecule has 5 nitrogen and oxygen atoms in total. The molecule has 2 aromatic carbocycles. The molecule has 0 saturated carbocycles. The van der Waals surface area contributed by atoms with Crippen molar-refractivity contribution in [3.05, 3.63) is 47.0 Å². The Kier molecular flexibility index (Phi) is 4.36. The Bertz CT molecular complexity index is 917. The van der Waals surface area contributed by atoms with Crippen LogP contribution >= 0.6 is 11.6 Å². The summed E-state index contributed by atoms with van der Waals surface area (Å²) in [5, 5.41) is 10.6. The number of nitrogens with one attached hydrogen (secondary N) is 1. The van der Waals surface area contributed by atoms with E-state index in [0.717, 1.165) is 22.2 Å². The number of fused-ring (bicyclic) bond motifs is 1. The van der Waals surface area contributed by atoms with Gasteiger partial charge in [-0.15, -0.1) is 0 Å². The van der Waals surface area contributed by atoms with Crippen molar-refractivity contribution in [2.24, 2.45) is 0 Å². The number of ether oxygens (including phenoxy) is 2. The topological polar surface area (TPSA) is 71.6 Å². The van der Waals surface area contributed by atoms with Gasteiger partial charge in [0.05, 0.1) is 26.3 Å². The summed E-state index contributed by atoms with van der Waals surface area (Å²) in [6.07, 6.45) is -0.107. The van der Waals surface area contributed by atoms with Crippen molar-refractivity contribution in [3.8, 4) is 22.8 Å². The number of aromatic nitrogens is 1. The Morgan fingerprint density at radius 3 is 2.54 bits per heavy atom. The molecule has 0 aliphatic rings. The number of hydrogen-bond acceptors (Lipinski definition) is 3. The molecule has 0 aliphatic carbocycles. The second-order valence-electron chi connectivity index (χ2n) is 5.31. The molecule has 124 valence electrons. The fraction of sp³-hybridized carbons (Fsp3) is 0.167. The Morgan fingerprint density at radius 1 is 1.12 bits per heavy atom. The summed E-state index contributed by atoms with van der Waals surface area (Å²) in [6.45, 7) is 0. The number of H-pyrrole nitrogens is 1. The molecule has 0 aliphatic heterocycles. The average molecular weight is 346 g/mol. The zero-order valence-electron chi connectivity index (χ0n) is 13.2. The largest absolute Gasteiger partial charge is 0.493 e. The van der Waals surface area contributed by atoms with Gasteiger partial charge in [-0.25, -0.2) is 0 Å². The number of methoxy groups -OCH3 is 2. The number of hydrogen-bond donors (Lipinski definition) is 2. The van der Waals surface area contributed by atoms with Gasteiger partial charge in [0.15, 0.2) is 11.5 Å². The summed E-state index contributed by atoms with van der Waals surface area (Å²) >= 11 is 6.07. The molecule has 3 rings (SSSR count). The minimum Gasteiger partial charge on any atom is -0.493 e. The minimum absolute atomic E-state index is 0.107. The summed E-state index contributed by atoms with van der Waals surface area (Å²) in [6, 6.07) is 10.8. The van der Waals surface area contributed by atoms with E-state index >= 15 is 0 Å². The molecule has 2 N–H and O–H groups in total. The van der Waals surface area contributed by atoms with E-state index in [1.807, 2.05) is 18.2 Å². The third-order valence-corrected chi connectivity index (χ3v) is 4.10. The highest BCUT2D eigenvalue weighted by atomic mass is 35.5. The monoisotopic (exact) mass is 345 g/mol. The zero-order chi connectivity index (χ0) is 17.3. The molecular weight excluding hydrogens is 330 g/mol. The quantitative estimate of drug-likeness (QED) is 0.729. The zero-order valence-corrected chi connectivity index (χ0v) is 14.0. The Balaban J connectivity index is 2.23. The molecule has 24 heavy (non-hydrogen) atoms. The molecule has 0 bridgehead atoms. The van der Waals surface area contributed by atoms with Crippen LogP contribution in [0.15, 0.2) is 36.4 Å². The van der Waals surface area contributed by atoms with Crippen LogP contribution in [0.1, 0.15) is 5.56 Å². The van der Waals surface area contributed by atoms with Crippen LogP contribution in [0, 0.1) is 0 Å². The standard InChI is InChI=1S/C18H16ClNO4/c1-23-15-6-3-10(7-16(15)24-2)18-13(9-17(21)22)12-8-11(19)4-5-14(12)20-18/h3-8,20H,9H2,1-2H3,(H,21,22). The second-order valence-corrected chi connectivity index (χ2v) is 5.75. The van der Waals surface area contributed by atoms with Crippen LogP contribution in [0.25, 0.3) is 22.2 Å². The van der Waals surface area contributed by atoms with E-state index in [-0.39, 0.29) is 6.42 Å². The van der Waals surface area contributed by atoms with E-state index in [4.69, 9.17) is 21.1 Å². The van der Waals surface area contributed by atoms with Crippen molar-refractivity contribution in [2.45, 2.75) is 6.42 Å². The number of halogens is 1. The third kappa shape index (κ3) is 2.90. The number of aromatic amines is 1. The minimum atomic E-state index is -0.905. The van der Waals surface area contributed by atoms with Gasteiger partial charge in [0.1, 0.15) is 0 Å². The van der Waals surface area contributed by atoms with Gasteiger partial charge in [-0.3, -0.25) is 4.79 Å². The van der Waals surface area contributed by atoms with Crippen LogP contribution in [0.4, 0.5) is 0 Å². The molecule has 3 aromatic rings. The van der Waals surface area contributed by atoms with Gasteiger partial charge in [0.2, 0.25) is 0 Å². The Labute approximate surface area is 143 Å². The number of carboxylic acid groups (broad SMARTS) is 1. The summed E-state index contributed by atoms with van der Waals surface area (Å²) in [5.41, 5.74) is 3.07. The molecule has 0 spiro atoms. The lowest BCUT2D eigenvalue weighted by Crippen LogP contribution is -2.01. The van der Waals surface area contributed by atoms with Gasteiger partial charge in [0, 0.05) is 21.5 Å². The third-order valence-electron chi connectivity index (χ3n) is 3.87. The summed E-state index contributed by atoms with van der Waals surface area (Å²) in [4.78, 5) is 14.6. The first-order chi connectivity index (χ1) is 11.5. The fourth-order valence-electron chi connectivity index (χ4n) is 2.79. The van der Waals surface area contributed by atoms with E-state index in [9.17, 15) is 9.90 Å². The lowest BCUT2D eigenvalue weighted by Gasteiger charge is -2.10. The van der Waals surface area contributed by atoms with Crippen molar-refractivity contribution in [2.75, 3.05) is 14.2 Å². The maximum atomic E-state index is 11.3. The molecule has 1 heterocycles. The highest BCUT2D eigenvalue weighted by molar-refractivity contribution is 6.31. The fourth-order valence-corrected chi connectivity index (χ4v) is 2.97. The van der Waals surface area contributed by atoms with Gasteiger partial charge in [-0.05, 0) is 42.0 Å². The number of carboxylic acids is 1. The van der Waals surface area contributed by atoms with Crippen LogP contribution in [0.5, 0.6) is 11.5 Å². The summed E-state index contributed by atoms with van der Waals surface area (Å²) < 4.78 is 10.6. The molecule has 0 saturated heterocycles. The summed E-state index contributed by atoms with van der Waals surface area (Å²) in [5.74, 6) is 0.283. The van der Waals surface area contributed by atoms with Crippen LogP contribution in [0.2, 0.25) is 5.02 Å². The molecule has 0 atom stereocenters. The first kappa shape index (κ1) is 16.2. The molecule has 6 heteroatoms. The van der Waals surface area contributed by atoms with Crippen LogP contribution in [-0.4, -0.2) is 30.3 Å². The van der Waals surface area contributed by atoms with E-state index in [1.54, 1.807) is 32.4 Å². The maximum Gasteiger partial charge on any atom is 0.307 e. The number of carbonyl (C=O) groups is 1. The Morgan fingerprint density at radius 2 is 1.88 bits per heavy atom. The first-order valence-corrected chi connectivity index (χ1v) is 7.65. The van der Waals surface area contributed by atoms with Gasteiger partial charge in [-0.2, -0.15) is 0 Å². The lowest BCUT2D eigenvalue weighted by atomic mass is 10.0. The van der Waals surface area contributed by atoms with E-state index in [1.165, 1.54) is 0 Å². The van der Waals surface area contributed by atoms with E-state index < -0.39 is 5.97 Å². The predicted molar refractivity (Wildman–Crippen MR) is 93.2 cm³/mol. The van der Waals surface area contributed by atoms with Crippen molar-refractivity contribution in [3.63, 3.8) is 0 Å². The van der Waals surface area contributed by atoms with E-state index in [2.05, 4.69) is 4.98 Å². The number of aliphatic carboxylic acids is 1. The number of rotatable bonds is 5. The van der Waals surface area contributed by atoms with Crippen molar-refractivity contribution in [1.82, 2.24) is 4.98 Å². The van der Waals surface area contributed by atoms with Crippen molar-refractivity contribution < 1.29 is 19.4 Å². The van der Waals surface area contributed by atoms with E-state index in [0.29, 0.717) is 22.1 Å². The van der Waals surface area contributed by atoms with Gasteiger partial charge in [-0.1, -0.05) is 11.6 Å². The molecular formula is C18H16ClNO4. The molecule has 0 fully saturated rings. The smallest absolute Gasteiger partial charge is 0.307 e. The maximum absolute atomic E-state index is 11.3. The SMILES string of the molecule is COc1ccc(-c2[nH]c3ccc(Cl)cc3c2CC(=O)O)cc1OC. The normalized spacial score (nSPS) is 10.8. The summed E-state index contributed by atoms with van der Waals surface area (Å²) in [7, 11) is 3.13.